The fraction of sp³-hybridized carbons (Fsp3) is 0.333. The molecule has 4 nitrogen and oxygen atoms in total. The van der Waals surface area contributed by atoms with E-state index in [-0.39, 0.29) is 18.9 Å². The Hall–Kier alpha value is -1.13. The molecule has 0 fully saturated rings. The number of nitrogens with one attached hydrogen (secondary N) is 1. The second-order valence-electron chi connectivity index (χ2n) is 2.73. The van der Waals surface area contributed by atoms with Crippen molar-refractivity contribution in [1.82, 2.24) is 4.98 Å². The summed E-state index contributed by atoms with van der Waals surface area (Å²) in [4.78, 5) is 15.0. The Morgan fingerprint density at radius 1 is 1.64 bits per heavy atom. The third-order valence-corrected chi connectivity index (χ3v) is 1.93. The van der Waals surface area contributed by atoms with E-state index in [0.29, 0.717) is 17.1 Å². The lowest BCUT2D eigenvalue weighted by atomic mass is 10.3. The van der Waals surface area contributed by atoms with Crippen molar-refractivity contribution in [1.29, 1.82) is 0 Å². The largest absolute Gasteiger partial charge is 0.396 e. The highest BCUT2D eigenvalue weighted by molar-refractivity contribution is 6.33. The standard InChI is InChI=1S/C9H11ClN2O2/c10-7-3-4-11-6-8(7)12-9(14)2-1-5-13/h3-4,6,13H,1-2,5H2,(H,12,14). The number of carbonyl (C=O) groups excluding carboxylic acids is 1. The van der Waals surface area contributed by atoms with Gasteiger partial charge in [0.2, 0.25) is 5.91 Å². The van der Waals surface area contributed by atoms with E-state index >= 15 is 0 Å². The lowest BCUT2D eigenvalue weighted by molar-refractivity contribution is -0.116. The Balaban J connectivity index is 2.52. The third kappa shape index (κ3) is 3.32. The van der Waals surface area contributed by atoms with E-state index in [1.54, 1.807) is 12.3 Å². The van der Waals surface area contributed by atoms with Crippen molar-refractivity contribution in [3.05, 3.63) is 23.5 Å². The van der Waals surface area contributed by atoms with Crippen LogP contribution in [0.15, 0.2) is 18.5 Å². The summed E-state index contributed by atoms with van der Waals surface area (Å²) >= 11 is 5.80. The molecule has 0 bridgehead atoms. The summed E-state index contributed by atoms with van der Waals surface area (Å²) in [7, 11) is 0. The molecule has 0 aliphatic rings. The van der Waals surface area contributed by atoms with Gasteiger partial charge in [0, 0.05) is 19.2 Å². The average molecular weight is 215 g/mol. The molecule has 1 amide bonds. The van der Waals surface area contributed by atoms with Gasteiger partial charge in [-0.15, -0.1) is 0 Å². The van der Waals surface area contributed by atoms with Crippen LogP contribution in [-0.4, -0.2) is 22.6 Å². The van der Waals surface area contributed by atoms with Gasteiger partial charge in [-0.05, 0) is 12.5 Å². The first-order valence-electron chi connectivity index (χ1n) is 4.24. The van der Waals surface area contributed by atoms with Gasteiger partial charge in [-0.1, -0.05) is 11.6 Å². The monoisotopic (exact) mass is 214 g/mol. The maximum absolute atomic E-state index is 11.2. The Morgan fingerprint density at radius 3 is 3.07 bits per heavy atom. The van der Waals surface area contributed by atoms with Crippen LogP contribution in [0.25, 0.3) is 0 Å². The van der Waals surface area contributed by atoms with Gasteiger partial charge in [0.05, 0.1) is 16.9 Å². The fourth-order valence-corrected chi connectivity index (χ4v) is 1.07. The van der Waals surface area contributed by atoms with Gasteiger partial charge in [-0.2, -0.15) is 0 Å². The van der Waals surface area contributed by atoms with E-state index in [1.165, 1.54) is 6.20 Å². The molecule has 5 heteroatoms. The molecule has 0 spiro atoms. The number of pyridine rings is 1. The number of rotatable bonds is 4. The summed E-state index contributed by atoms with van der Waals surface area (Å²) in [5.41, 5.74) is 0.497. The first-order chi connectivity index (χ1) is 6.74. The Labute approximate surface area is 86.9 Å². The Morgan fingerprint density at radius 2 is 2.43 bits per heavy atom. The first kappa shape index (κ1) is 10.9. The van der Waals surface area contributed by atoms with Crippen LogP contribution in [0.2, 0.25) is 5.02 Å². The van der Waals surface area contributed by atoms with Gasteiger partial charge in [0.1, 0.15) is 0 Å². The fourth-order valence-electron chi connectivity index (χ4n) is 0.922. The predicted molar refractivity (Wildman–Crippen MR) is 54.2 cm³/mol. The van der Waals surface area contributed by atoms with Gasteiger partial charge in [-0.25, -0.2) is 0 Å². The molecule has 1 aromatic heterocycles. The van der Waals surface area contributed by atoms with Crippen LogP contribution in [-0.2, 0) is 4.79 Å². The minimum absolute atomic E-state index is 0.00813. The van der Waals surface area contributed by atoms with Gasteiger partial charge in [-0.3, -0.25) is 9.78 Å². The molecule has 0 radical (unpaired) electrons. The molecule has 0 aromatic carbocycles. The summed E-state index contributed by atoms with van der Waals surface area (Å²) < 4.78 is 0. The van der Waals surface area contributed by atoms with Crippen molar-refractivity contribution in [3.63, 3.8) is 0 Å². The second-order valence-corrected chi connectivity index (χ2v) is 3.14. The van der Waals surface area contributed by atoms with Gasteiger partial charge >= 0.3 is 0 Å². The third-order valence-electron chi connectivity index (χ3n) is 1.60. The van der Waals surface area contributed by atoms with Gasteiger partial charge in [0.25, 0.3) is 0 Å². The van der Waals surface area contributed by atoms with Crippen LogP contribution >= 0.6 is 11.6 Å². The van der Waals surface area contributed by atoms with Gasteiger partial charge < -0.3 is 10.4 Å². The number of hydrogen-bond donors (Lipinski definition) is 2. The van der Waals surface area contributed by atoms with Gasteiger partial charge in [0.15, 0.2) is 0 Å². The van der Waals surface area contributed by atoms with Crippen LogP contribution in [0.1, 0.15) is 12.8 Å². The second kappa shape index (κ2) is 5.57. The SMILES string of the molecule is O=C(CCCO)Nc1cnccc1Cl. The van der Waals surface area contributed by atoms with E-state index in [1.807, 2.05) is 0 Å². The van der Waals surface area contributed by atoms with E-state index in [4.69, 9.17) is 16.7 Å². The number of anilines is 1. The van der Waals surface area contributed by atoms with Crippen molar-refractivity contribution < 1.29 is 9.90 Å². The molecule has 76 valence electrons. The number of halogens is 1. The smallest absolute Gasteiger partial charge is 0.224 e. The highest BCUT2D eigenvalue weighted by Gasteiger charge is 2.04. The van der Waals surface area contributed by atoms with Crippen molar-refractivity contribution in [2.24, 2.45) is 0 Å². The number of aliphatic hydroxyl groups is 1. The number of amides is 1. The number of aromatic nitrogens is 1. The molecule has 1 heterocycles. The molecule has 1 aromatic rings. The molecule has 1 rings (SSSR count). The highest BCUT2D eigenvalue weighted by Crippen LogP contribution is 2.19. The quantitative estimate of drug-likeness (QED) is 0.798. The maximum atomic E-state index is 11.2. The summed E-state index contributed by atoms with van der Waals surface area (Å²) in [5, 5.41) is 11.6. The van der Waals surface area contributed by atoms with E-state index in [0.717, 1.165) is 0 Å². The van der Waals surface area contributed by atoms with E-state index < -0.39 is 0 Å². The molecule has 0 saturated carbocycles. The Kier molecular flexibility index (Phi) is 4.35. The van der Waals surface area contributed by atoms with Crippen molar-refractivity contribution >= 4 is 23.2 Å². The van der Waals surface area contributed by atoms with Crippen LogP contribution < -0.4 is 5.32 Å². The minimum Gasteiger partial charge on any atom is -0.396 e. The molecule has 0 aliphatic carbocycles. The van der Waals surface area contributed by atoms with Crippen molar-refractivity contribution in [2.45, 2.75) is 12.8 Å². The summed E-state index contributed by atoms with van der Waals surface area (Å²) in [6, 6.07) is 1.60. The maximum Gasteiger partial charge on any atom is 0.224 e. The topological polar surface area (TPSA) is 62.2 Å². The molecule has 0 aliphatic heterocycles. The number of carbonyl (C=O) groups is 1. The zero-order valence-corrected chi connectivity index (χ0v) is 8.29. The molecule has 2 N–H and O–H groups in total. The average Bonchev–Trinajstić information content (AvgIpc) is 2.18. The van der Waals surface area contributed by atoms with Crippen molar-refractivity contribution in [3.8, 4) is 0 Å². The highest BCUT2D eigenvalue weighted by atomic mass is 35.5. The minimum atomic E-state index is -0.172. The van der Waals surface area contributed by atoms with E-state index in [9.17, 15) is 4.79 Å². The number of aliphatic hydroxyl groups excluding tert-OH is 1. The molecular weight excluding hydrogens is 204 g/mol. The molecule has 0 saturated heterocycles. The Bertz CT molecular complexity index is 317. The summed E-state index contributed by atoms with van der Waals surface area (Å²) in [5.74, 6) is -0.172. The molecule has 14 heavy (non-hydrogen) atoms. The van der Waals surface area contributed by atoms with E-state index in [2.05, 4.69) is 10.3 Å². The lowest BCUT2D eigenvalue weighted by Crippen LogP contribution is -2.12. The predicted octanol–water partition coefficient (Wildman–Crippen LogP) is 1.45. The number of hydrogen-bond acceptors (Lipinski definition) is 3. The first-order valence-corrected chi connectivity index (χ1v) is 4.62. The van der Waals surface area contributed by atoms with Crippen LogP contribution in [0.3, 0.4) is 0 Å². The summed E-state index contributed by atoms with van der Waals surface area (Å²) in [6.07, 6.45) is 3.76. The lowest BCUT2D eigenvalue weighted by Gasteiger charge is -2.05. The molecule has 0 unspecified atom stereocenters. The molecule has 0 atom stereocenters. The molecular formula is C9H11ClN2O2. The van der Waals surface area contributed by atoms with Crippen LogP contribution in [0, 0.1) is 0 Å². The van der Waals surface area contributed by atoms with Crippen molar-refractivity contribution in [2.75, 3.05) is 11.9 Å². The summed E-state index contributed by atoms with van der Waals surface area (Å²) in [6.45, 7) is 0.00813. The zero-order valence-electron chi connectivity index (χ0n) is 7.53. The number of nitrogens with zero attached hydrogens (tertiary/aromatic N) is 1. The van der Waals surface area contributed by atoms with Crippen LogP contribution in [0.5, 0.6) is 0 Å². The van der Waals surface area contributed by atoms with Crippen LogP contribution in [0.4, 0.5) is 5.69 Å². The normalized spacial score (nSPS) is 9.86. The zero-order chi connectivity index (χ0) is 10.4.